The molecule has 2 aliphatic rings. The van der Waals surface area contributed by atoms with Crippen LogP contribution in [0, 0.1) is 0 Å². The number of aromatic carboxylic acids is 1. The van der Waals surface area contributed by atoms with Gasteiger partial charge in [0.25, 0.3) is 0 Å². The highest BCUT2D eigenvalue weighted by atomic mass is 28.3. The number of hydrogen-bond donors (Lipinski definition) is 1. The molecule has 0 spiro atoms. The van der Waals surface area contributed by atoms with Crippen molar-refractivity contribution in [2.24, 2.45) is 0 Å². The SMILES string of the molecule is C[Si](C)(C)CCOCn1ccc2cc(Oc3cc(N4CCN(C5CCCOc6ccccc65)CC4)ccc3C(=O)O)cnc21. The third kappa shape index (κ3) is 6.93. The average molecular weight is 615 g/mol. The molecule has 0 bridgehead atoms. The number of rotatable bonds is 10. The first-order chi connectivity index (χ1) is 21.2. The molecule has 1 unspecified atom stereocenters. The van der Waals surface area contributed by atoms with Gasteiger partial charge in [0.2, 0.25) is 0 Å². The zero-order chi connectivity index (χ0) is 30.7. The molecule has 1 N–H and O–H groups in total. The highest BCUT2D eigenvalue weighted by Crippen LogP contribution is 2.37. The number of ether oxygens (including phenoxy) is 3. The zero-order valence-corrected chi connectivity index (χ0v) is 26.9. The number of anilines is 1. The van der Waals surface area contributed by atoms with Gasteiger partial charge in [-0.2, -0.15) is 0 Å². The maximum Gasteiger partial charge on any atom is 0.339 e. The number of carbonyl (C=O) groups is 1. The van der Waals surface area contributed by atoms with E-state index < -0.39 is 14.0 Å². The lowest BCUT2D eigenvalue weighted by Gasteiger charge is -2.40. The molecule has 2 aliphatic heterocycles. The molecule has 1 fully saturated rings. The predicted molar refractivity (Wildman–Crippen MR) is 175 cm³/mol. The molecule has 4 aromatic rings. The number of piperazine rings is 1. The van der Waals surface area contributed by atoms with E-state index in [1.54, 1.807) is 12.3 Å². The minimum absolute atomic E-state index is 0.121. The van der Waals surface area contributed by atoms with Crippen LogP contribution < -0.4 is 14.4 Å². The molecule has 0 amide bonds. The fourth-order valence-corrected chi connectivity index (χ4v) is 6.78. The van der Waals surface area contributed by atoms with E-state index in [0.717, 1.165) is 80.7 Å². The Balaban J connectivity index is 1.14. The van der Waals surface area contributed by atoms with Gasteiger partial charge < -0.3 is 28.8 Å². The Morgan fingerprint density at radius 3 is 2.68 bits per heavy atom. The molecule has 0 aliphatic carbocycles. The molecule has 2 aromatic heterocycles. The molecular weight excluding hydrogens is 572 g/mol. The molecule has 6 rings (SSSR count). The van der Waals surface area contributed by atoms with Gasteiger partial charge in [0, 0.05) is 75.8 Å². The van der Waals surface area contributed by atoms with Gasteiger partial charge >= 0.3 is 5.97 Å². The normalized spacial score (nSPS) is 17.6. The number of hydrogen-bond acceptors (Lipinski definition) is 7. The summed E-state index contributed by atoms with van der Waals surface area (Å²) in [4.78, 5) is 21.6. The first-order valence-corrected chi connectivity index (χ1v) is 19.2. The molecule has 0 saturated carbocycles. The number of para-hydroxylation sites is 1. The minimum atomic E-state index is -1.15. The van der Waals surface area contributed by atoms with Crippen LogP contribution in [0.1, 0.15) is 34.8 Å². The van der Waals surface area contributed by atoms with Crippen molar-refractivity contribution in [3.05, 3.63) is 78.1 Å². The van der Waals surface area contributed by atoms with Crippen LogP contribution in [0.15, 0.2) is 67.0 Å². The summed E-state index contributed by atoms with van der Waals surface area (Å²) in [6.45, 7) is 12.5. The number of pyridine rings is 1. The van der Waals surface area contributed by atoms with Gasteiger partial charge in [-0.1, -0.05) is 37.8 Å². The van der Waals surface area contributed by atoms with Crippen LogP contribution in [0.25, 0.3) is 11.0 Å². The Labute approximate surface area is 260 Å². The molecule has 0 radical (unpaired) electrons. The Morgan fingerprint density at radius 2 is 1.89 bits per heavy atom. The molecule has 1 atom stereocenters. The highest BCUT2D eigenvalue weighted by molar-refractivity contribution is 6.76. The summed E-state index contributed by atoms with van der Waals surface area (Å²) in [6, 6.07) is 19.1. The van der Waals surface area contributed by atoms with E-state index >= 15 is 0 Å². The standard InChI is InChI=1S/C34H42N4O5Si/c1-44(2,3)20-19-41-24-38-13-12-25-21-27(23-35-33(25)38)43-32-22-26(10-11-29(32)34(39)40)36-14-16-37(17-15-36)30-8-6-18-42-31-9-5-4-7-28(30)31/h4-5,7,9-13,21-23,30H,6,8,14-20,24H2,1-3H3,(H,39,40). The lowest BCUT2D eigenvalue weighted by Crippen LogP contribution is -2.47. The summed E-state index contributed by atoms with van der Waals surface area (Å²) in [7, 11) is -1.15. The first-order valence-electron chi connectivity index (χ1n) is 15.5. The minimum Gasteiger partial charge on any atom is -0.493 e. The monoisotopic (exact) mass is 614 g/mol. The second-order valence-electron chi connectivity index (χ2n) is 12.9. The Kier molecular flexibility index (Phi) is 8.92. The van der Waals surface area contributed by atoms with Crippen LogP contribution in [0.3, 0.4) is 0 Å². The van der Waals surface area contributed by atoms with Crippen molar-refractivity contribution in [3.63, 3.8) is 0 Å². The summed E-state index contributed by atoms with van der Waals surface area (Å²) >= 11 is 0. The number of carboxylic acid groups (broad SMARTS) is 1. The quantitative estimate of drug-likeness (QED) is 0.153. The third-order valence-corrected chi connectivity index (χ3v) is 10.2. The molecule has 44 heavy (non-hydrogen) atoms. The Morgan fingerprint density at radius 1 is 1.07 bits per heavy atom. The number of aromatic nitrogens is 2. The van der Waals surface area contributed by atoms with Gasteiger partial charge in [0.05, 0.1) is 12.8 Å². The van der Waals surface area contributed by atoms with Crippen LogP contribution in [-0.4, -0.2) is 73.0 Å². The van der Waals surface area contributed by atoms with Gasteiger partial charge in [0.1, 0.15) is 35.2 Å². The fraction of sp³-hybridized carbons (Fsp3) is 0.412. The van der Waals surface area contributed by atoms with Crippen molar-refractivity contribution in [1.29, 1.82) is 0 Å². The zero-order valence-electron chi connectivity index (χ0n) is 25.9. The van der Waals surface area contributed by atoms with Crippen molar-refractivity contribution >= 4 is 30.8 Å². The van der Waals surface area contributed by atoms with E-state index in [1.807, 2.05) is 41.1 Å². The second-order valence-corrected chi connectivity index (χ2v) is 18.5. The van der Waals surface area contributed by atoms with Crippen molar-refractivity contribution in [3.8, 4) is 17.2 Å². The summed E-state index contributed by atoms with van der Waals surface area (Å²) in [6.07, 6.45) is 5.72. The van der Waals surface area contributed by atoms with Gasteiger partial charge in [-0.05, 0) is 49.2 Å². The molecule has 9 nitrogen and oxygen atoms in total. The van der Waals surface area contributed by atoms with Gasteiger partial charge in [0.15, 0.2) is 0 Å². The average Bonchev–Trinajstić information content (AvgIpc) is 3.28. The van der Waals surface area contributed by atoms with E-state index in [1.165, 1.54) is 5.56 Å². The summed E-state index contributed by atoms with van der Waals surface area (Å²) in [5.74, 6) is 0.774. The maximum atomic E-state index is 12.1. The number of benzene rings is 2. The van der Waals surface area contributed by atoms with Crippen LogP contribution in [0.5, 0.6) is 17.2 Å². The number of fused-ring (bicyclic) bond motifs is 2. The van der Waals surface area contributed by atoms with Crippen LogP contribution in [-0.2, 0) is 11.5 Å². The van der Waals surface area contributed by atoms with E-state index in [4.69, 9.17) is 14.2 Å². The molecule has 10 heteroatoms. The van der Waals surface area contributed by atoms with Gasteiger partial charge in [-0.25, -0.2) is 9.78 Å². The van der Waals surface area contributed by atoms with Crippen LogP contribution in [0.2, 0.25) is 25.7 Å². The third-order valence-electron chi connectivity index (χ3n) is 8.50. The lowest BCUT2D eigenvalue weighted by molar-refractivity contribution is 0.0694. The molecule has 2 aromatic carbocycles. The molecule has 1 saturated heterocycles. The number of carboxylic acids is 1. The van der Waals surface area contributed by atoms with E-state index in [0.29, 0.717) is 24.3 Å². The molecule has 4 heterocycles. The summed E-state index contributed by atoms with van der Waals surface area (Å²) in [5, 5.41) is 10.8. The maximum absolute atomic E-state index is 12.1. The van der Waals surface area contributed by atoms with Crippen LogP contribution >= 0.6 is 0 Å². The summed E-state index contributed by atoms with van der Waals surface area (Å²) in [5.41, 5.74) is 3.15. The summed E-state index contributed by atoms with van der Waals surface area (Å²) < 4.78 is 20.1. The molecular formula is C34H42N4O5Si. The lowest BCUT2D eigenvalue weighted by atomic mass is 9.99. The van der Waals surface area contributed by atoms with Crippen molar-refractivity contribution in [2.75, 3.05) is 44.3 Å². The van der Waals surface area contributed by atoms with Crippen molar-refractivity contribution < 1.29 is 24.1 Å². The topological polar surface area (TPSA) is 89.3 Å². The molecule has 232 valence electrons. The van der Waals surface area contributed by atoms with E-state index in [2.05, 4.69) is 52.6 Å². The van der Waals surface area contributed by atoms with Crippen LogP contribution in [0.4, 0.5) is 5.69 Å². The second kappa shape index (κ2) is 13.0. The first kappa shape index (κ1) is 30.2. The highest BCUT2D eigenvalue weighted by Gasteiger charge is 2.29. The largest absolute Gasteiger partial charge is 0.493 e. The van der Waals surface area contributed by atoms with E-state index in [-0.39, 0.29) is 5.56 Å². The van der Waals surface area contributed by atoms with Crippen molar-refractivity contribution in [2.45, 2.75) is 51.3 Å². The smallest absolute Gasteiger partial charge is 0.339 e. The Bertz CT molecular complexity index is 1610. The van der Waals surface area contributed by atoms with E-state index in [9.17, 15) is 9.90 Å². The van der Waals surface area contributed by atoms with Gasteiger partial charge in [-0.15, -0.1) is 0 Å². The fourth-order valence-electron chi connectivity index (χ4n) is 6.03. The van der Waals surface area contributed by atoms with Gasteiger partial charge in [-0.3, -0.25) is 4.90 Å². The predicted octanol–water partition coefficient (Wildman–Crippen LogP) is 6.88. The number of nitrogens with zero attached hydrogens (tertiary/aromatic N) is 4. The van der Waals surface area contributed by atoms with Crippen molar-refractivity contribution in [1.82, 2.24) is 14.5 Å². The Hall–Kier alpha value is -3.86.